The standard InChI is InChI=1S/C12H20N2O/c15-12-10-7-5-3-1-2-4-6-8-11(10)13-9-14-12/h9-11H,1-8H2,(H,13,14,15). The Morgan fingerprint density at radius 3 is 2.53 bits per heavy atom. The minimum Gasteiger partial charge on any atom is -0.317 e. The number of amides is 1. The second kappa shape index (κ2) is 5.29. The van der Waals surface area contributed by atoms with Gasteiger partial charge in [0.05, 0.1) is 18.3 Å². The molecule has 1 saturated carbocycles. The van der Waals surface area contributed by atoms with Crippen LogP contribution >= 0.6 is 0 Å². The Morgan fingerprint density at radius 1 is 1.07 bits per heavy atom. The number of fused-ring (bicyclic) bond motifs is 1. The van der Waals surface area contributed by atoms with Crippen molar-refractivity contribution in [3.63, 3.8) is 0 Å². The zero-order chi connectivity index (χ0) is 10.5. The molecule has 0 bridgehead atoms. The van der Waals surface area contributed by atoms with Crippen molar-refractivity contribution in [2.45, 2.75) is 57.4 Å². The molecule has 0 aromatic rings. The molecule has 0 aromatic carbocycles. The molecule has 3 heteroatoms. The maximum absolute atomic E-state index is 11.7. The Balaban J connectivity index is 1.99. The molecule has 2 rings (SSSR count). The normalized spacial score (nSPS) is 32.9. The lowest BCUT2D eigenvalue weighted by Gasteiger charge is -2.26. The summed E-state index contributed by atoms with van der Waals surface area (Å²) in [4.78, 5) is 16.1. The molecule has 0 aromatic heterocycles. The van der Waals surface area contributed by atoms with Crippen LogP contribution in [0.1, 0.15) is 51.4 Å². The van der Waals surface area contributed by atoms with Crippen LogP contribution in [0.25, 0.3) is 0 Å². The number of carbonyl (C=O) groups excluding carboxylic acids is 1. The lowest BCUT2D eigenvalue weighted by atomic mass is 9.87. The molecule has 3 nitrogen and oxygen atoms in total. The van der Waals surface area contributed by atoms with Gasteiger partial charge in [0.2, 0.25) is 5.91 Å². The summed E-state index contributed by atoms with van der Waals surface area (Å²) in [5.74, 6) is 0.337. The van der Waals surface area contributed by atoms with Gasteiger partial charge < -0.3 is 5.32 Å². The van der Waals surface area contributed by atoms with Crippen LogP contribution in [-0.4, -0.2) is 18.3 Å². The van der Waals surface area contributed by atoms with Gasteiger partial charge in [-0.1, -0.05) is 38.5 Å². The van der Waals surface area contributed by atoms with E-state index >= 15 is 0 Å². The number of hydrogen-bond donors (Lipinski definition) is 1. The maximum atomic E-state index is 11.7. The monoisotopic (exact) mass is 208 g/mol. The second-order valence-corrected chi connectivity index (χ2v) is 4.66. The van der Waals surface area contributed by atoms with Gasteiger partial charge >= 0.3 is 0 Å². The van der Waals surface area contributed by atoms with Gasteiger partial charge in [-0.3, -0.25) is 9.79 Å². The van der Waals surface area contributed by atoms with Crippen molar-refractivity contribution in [1.82, 2.24) is 5.32 Å². The molecule has 1 N–H and O–H groups in total. The molecular weight excluding hydrogens is 188 g/mol. The Morgan fingerprint density at radius 2 is 1.73 bits per heavy atom. The Labute approximate surface area is 91.3 Å². The zero-order valence-corrected chi connectivity index (χ0v) is 9.24. The van der Waals surface area contributed by atoms with Gasteiger partial charge in [0.15, 0.2) is 0 Å². The predicted molar refractivity (Wildman–Crippen MR) is 60.8 cm³/mol. The first-order valence-corrected chi connectivity index (χ1v) is 6.20. The van der Waals surface area contributed by atoms with E-state index in [2.05, 4.69) is 10.3 Å². The first-order valence-electron chi connectivity index (χ1n) is 6.20. The largest absolute Gasteiger partial charge is 0.317 e. The third-order valence-corrected chi connectivity index (χ3v) is 3.54. The van der Waals surface area contributed by atoms with Crippen LogP contribution < -0.4 is 5.32 Å². The Bertz CT molecular complexity index is 250. The van der Waals surface area contributed by atoms with Crippen LogP contribution in [-0.2, 0) is 4.79 Å². The third kappa shape index (κ3) is 2.80. The summed E-state index contributed by atoms with van der Waals surface area (Å²) in [5, 5.41) is 2.73. The van der Waals surface area contributed by atoms with Crippen LogP contribution in [0, 0.1) is 5.92 Å². The second-order valence-electron chi connectivity index (χ2n) is 4.66. The van der Waals surface area contributed by atoms with Crippen LogP contribution in [0.15, 0.2) is 4.99 Å². The minimum absolute atomic E-state index is 0.146. The van der Waals surface area contributed by atoms with Gasteiger partial charge in [-0.05, 0) is 12.8 Å². The highest BCUT2D eigenvalue weighted by molar-refractivity contribution is 5.91. The molecule has 1 amide bonds. The number of aliphatic imine (C=N–C) groups is 1. The smallest absolute Gasteiger partial charge is 0.230 e. The van der Waals surface area contributed by atoms with E-state index in [1.54, 1.807) is 6.34 Å². The molecule has 0 radical (unpaired) electrons. The molecule has 1 aliphatic heterocycles. The van der Waals surface area contributed by atoms with E-state index in [1.165, 1.54) is 38.5 Å². The first kappa shape index (κ1) is 10.7. The van der Waals surface area contributed by atoms with E-state index in [4.69, 9.17) is 0 Å². The lowest BCUT2D eigenvalue weighted by Crippen LogP contribution is -2.41. The summed E-state index contributed by atoms with van der Waals surface area (Å²) in [6.45, 7) is 0. The Kier molecular flexibility index (Phi) is 3.75. The fourth-order valence-corrected chi connectivity index (χ4v) is 2.61. The summed E-state index contributed by atoms with van der Waals surface area (Å²) in [7, 11) is 0. The highest BCUT2D eigenvalue weighted by Gasteiger charge is 2.29. The lowest BCUT2D eigenvalue weighted by molar-refractivity contribution is -0.124. The van der Waals surface area contributed by atoms with Crippen molar-refractivity contribution < 1.29 is 4.79 Å². The van der Waals surface area contributed by atoms with E-state index in [0.29, 0.717) is 0 Å². The average Bonchev–Trinajstić information content (AvgIpc) is 2.26. The molecular formula is C12H20N2O. The molecule has 84 valence electrons. The van der Waals surface area contributed by atoms with Crippen molar-refractivity contribution >= 4 is 12.2 Å². The van der Waals surface area contributed by atoms with Gasteiger partial charge in [-0.15, -0.1) is 0 Å². The maximum Gasteiger partial charge on any atom is 0.230 e. The summed E-state index contributed by atoms with van der Waals surface area (Å²) >= 11 is 0. The molecule has 1 fully saturated rings. The van der Waals surface area contributed by atoms with Crippen LogP contribution in [0.4, 0.5) is 0 Å². The van der Waals surface area contributed by atoms with Gasteiger partial charge in [-0.25, -0.2) is 0 Å². The van der Waals surface area contributed by atoms with Crippen molar-refractivity contribution in [1.29, 1.82) is 0 Å². The number of hydrogen-bond acceptors (Lipinski definition) is 2. The summed E-state index contributed by atoms with van der Waals surface area (Å²) in [5.41, 5.74) is 0. The molecule has 2 unspecified atom stereocenters. The van der Waals surface area contributed by atoms with Crippen molar-refractivity contribution in [2.75, 3.05) is 0 Å². The number of nitrogens with zero attached hydrogens (tertiary/aromatic N) is 1. The average molecular weight is 208 g/mol. The number of carbonyl (C=O) groups is 1. The summed E-state index contributed by atoms with van der Waals surface area (Å²) in [6, 6.07) is 0.261. The van der Waals surface area contributed by atoms with Gasteiger partial charge in [0.1, 0.15) is 0 Å². The molecule has 1 heterocycles. The molecule has 2 atom stereocenters. The molecule has 15 heavy (non-hydrogen) atoms. The van der Waals surface area contributed by atoms with Crippen molar-refractivity contribution in [3.05, 3.63) is 0 Å². The topological polar surface area (TPSA) is 41.5 Å². The van der Waals surface area contributed by atoms with E-state index < -0.39 is 0 Å². The van der Waals surface area contributed by atoms with Crippen LogP contribution in [0.3, 0.4) is 0 Å². The van der Waals surface area contributed by atoms with E-state index in [0.717, 1.165) is 12.8 Å². The number of rotatable bonds is 0. The van der Waals surface area contributed by atoms with E-state index in [1.807, 2.05) is 0 Å². The molecule has 2 aliphatic rings. The Hall–Kier alpha value is -0.860. The van der Waals surface area contributed by atoms with Gasteiger partial charge in [-0.2, -0.15) is 0 Å². The molecule has 0 spiro atoms. The van der Waals surface area contributed by atoms with E-state index in [9.17, 15) is 4.79 Å². The quantitative estimate of drug-likeness (QED) is 0.652. The van der Waals surface area contributed by atoms with Crippen LogP contribution in [0.5, 0.6) is 0 Å². The fraction of sp³-hybridized carbons (Fsp3) is 0.833. The summed E-state index contributed by atoms with van der Waals surface area (Å²) < 4.78 is 0. The number of nitrogens with one attached hydrogen (secondary N) is 1. The van der Waals surface area contributed by atoms with Gasteiger partial charge in [0, 0.05) is 0 Å². The predicted octanol–water partition coefficient (Wildman–Crippen LogP) is 2.26. The third-order valence-electron chi connectivity index (χ3n) is 3.54. The minimum atomic E-state index is 0.146. The van der Waals surface area contributed by atoms with Crippen LogP contribution in [0.2, 0.25) is 0 Å². The zero-order valence-electron chi connectivity index (χ0n) is 9.24. The summed E-state index contributed by atoms with van der Waals surface area (Å²) in [6.07, 6.45) is 11.4. The fourth-order valence-electron chi connectivity index (χ4n) is 2.61. The van der Waals surface area contributed by atoms with Gasteiger partial charge in [0.25, 0.3) is 0 Å². The highest BCUT2D eigenvalue weighted by Crippen LogP contribution is 2.25. The SMILES string of the molecule is O=C1NC=NC2CCCCCCCCC12. The highest BCUT2D eigenvalue weighted by atomic mass is 16.2. The molecule has 0 saturated heterocycles. The van der Waals surface area contributed by atoms with Crippen molar-refractivity contribution in [3.8, 4) is 0 Å². The molecule has 1 aliphatic carbocycles. The van der Waals surface area contributed by atoms with E-state index in [-0.39, 0.29) is 17.9 Å². The van der Waals surface area contributed by atoms with Crippen molar-refractivity contribution in [2.24, 2.45) is 10.9 Å². The first-order chi connectivity index (χ1) is 7.38.